The van der Waals surface area contributed by atoms with Crippen molar-refractivity contribution in [1.29, 1.82) is 0 Å². The molecule has 1 heterocycles. The van der Waals surface area contributed by atoms with E-state index in [0.717, 1.165) is 44.7 Å². The van der Waals surface area contributed by atoms with Crippen LogP contribution in [-0.2, 0) is 6.42 Å². The van der Waals surface area contributed by atoms with Crippen LogP contribution in [0.4, 0.5) is 0 Å². The molecule has 108 valence electrons. The standard InChI is InChI=1S/C15H16Br2ClNO/c1-2-6-19-14(12-5-7-20-15(12)17)8-10-3-4-11(16)9-13(10)18/h3-5,7,9,14,19H,2,6,8H2,1H3. The maximum Gasteiger partial charge on any atom is 0.173 e. The fraction of sp³-hybridized carbons (Fsp3) is 0.333. The molecule has 2 aromatic rings. The normalized spacial score (nSPS) is 12.6. The predicted octanol–water partition coefficient (Wildman–Crippen LogP) is 5.74. The van der Waals surface area contributed by atoms with Crippen molar-refractivity contribution >= 4 is 43.5 Å². The van der Waals surface area contributed by atoms with Crippen LogP contribution in [0.25, 0.3) is 0 Å². The number of hydrogen-bond donors (Lipinski definition) is 1. The highest BCUT2D eigenvalue weighted by atomic mass is 79.9. The van der Waals surface area contributed by atoms with E-state index < -0.39 is 0 Å². The number of furan rings is 1. The highest BCUT2D eigenvalue weighted by Gasteiger charge is 2.18. The van der Waals surface area contributed by atoms with Crippen molar-refractivity contribution in [3.05, 3.63) is 55.8 Å². The average molecular weight is 422 g/mol. The van der Waals surface area contributed by atoms with Crippen LogP contribution in [0, 0.1) is 0 Å². The van der Waals surface area contributed by atoms with E-state index in [1.54, 1.807) is 6.26 Å². The third-order valence-corrected chi connectivity index (χ3v) is 4.59. The summed E-state index contributed by atoms with van der Waals surface area (Å²) in [4.78, 5) is 0. The first-order valence-electron chi connectivity index (χ1n) is 6.52. The summed E-state index contributed by atoms with van der Waals surface area (Å²) in [7, 11) is 0. The molecule has 20 heavy (non-hydrogen) atoms. The van der Waals surface area contributed by atoms with Crippen LogP contribution in [0.1, 0.15) is 30.5 Å². The van der Waals surface area contributed by atoms with E-state index in [4.69, 9.17) is 16.0 Å². The number of halogens is 3. The summed E-state index contributed by atoms with van der Waals surface area (Å²) in [6.45, 7) is 3.11. The lowest BCUT2D eigenvalue weighted by atomic mass is 10.0. The Hall–Kier alpha value is -0.290. The smallest absolute Gasteiger partial charge is 0.173 e. The molecule has 1 unspecified atom stereocenters. The maximum atomic E-state index is 6.32. The third-order valence-electron chi connectivity index (χ3n) is 3.10. The molecule has 0 saturated carbocycles. The van der Waals surface area contributed by atoms with Gasteiger partial charge < -0.3 is 9.73 Å². The molecule has 0 amide bonds. The molecule has 0 spiro atoms. The van der Waals surface area contributed by atoms with Crippen LogP contribution >= 0.6 is 43.5 Å². The largest absolute Gasteiger partial charge is 0.457 e. The molecule has 1 atom stereocenters. The van der Waals surface area contributed by atoms with Gasteiger partial charge in [-0.05, 0) is 59.1 Å². The Balaban J connectivity index is 2.21. The molecule has 0 radical (unpaired) electrons. The molecule has 2 nitrogen and oxygen atoms in total. The molecule has 2 rings (SSSR count). The van der Waals surface area contributed by atoms with E-state index in [2.05, 4.69) is 50.2 Å². The topological polar surface area (TPSA) is 25.2 Å². The van der Waals surface area contributed by atoms with Crippen molar-refractivity contribution in [3.8, 4) is 0 Å². The summed E-state index contributed by atoms with van der Waals surface area (Å²) >= 11 is 13.2. The minimum Gasteiger partial charge on any atom is -0.457 e. The van der Waals surface area contributed by atoms with Crippen molar-refractivity contribution in [1.82, 2.24) is 5.32 Å². The van der Waals surface area contributed by atoms with Gasteiger partial charge in [-0.1, -0.05) is 40.5 Å². The minimum atomic E-state index is 0.182. The van der Waals surface area contributed by atoms with Gasteiger partial charge in [0.25, 0.3) is 0 Å². The fourth-order valence-electron chi connectivity index (χ4n) is 2.07. The van der Waals surface area contributed by atoms with Crippen molar-refractivity contribution in [2.24, 2.45) is 0 Å². The molecule has 0 saturated heterocycles. The number of nitrogens with one attached hydrogen (secondary N) is 1. The van der Waals surface area contributed by atoms with E-state index in [1.165, 1.54) is 0 Å². The summed E-state index contributed by atoms with van der Waals surface area (Å²) in [5, 5.41) is 4.32. The summed E-state index contributed by atoms with van der Waals surface area (Å²) in [6, 6.07) is 8.17. The monoisotopic (exact) mass is 419 g/mol. The second kappa shape index (κ2) is 7.64. The highest BCUT2D eigenvalue weighted by Crippen LogP contribution is 2.30. The van der Waals surface area contributed by atoms with E-state index in [9.17, 15) is 0 Å². The van der Waals surface area contributed by atoms with Gasteiger partial charge in [0.1, 0.15) is 0 Å². The number of rotatable bonds is 6. The second-order valence-electron chi connectivity index (χ2n) is 4.60. The molecular weight excluding hydrogens is 405 g/mol. The summed E-state index contributed by atoms with van der Waals surface area (Å²) in [6.07, 6.45) is 3.60. The lowest BCUT2D eigenvalue weighted by Crippen LogP contribution is -2.24. The van der Waals surface area contributed by atoms with Gasteiger partial charge in [0, 0.05) is 21.1 Å². The Kier molecular flexibility index (Phi) is 6.15. The minimum absolute atomic E-state index is 0.182. The molecule has 1 aromatic carbocycles. The quantitative estimate of drug-likeness (QED) is 0.643. The van der Waals surface area contributed by atoms with Crippen molar-refractivity contribution in [3.63, 3.8) is 0 Å². The lowest BCUT2D eigenvalue weighted by Gasteiger charge is -2.18. The zero-order valence-electron chi connectivity index (χ0n) is 11.1. The van der Waals surface area contributed by atoms with Crippen LogP contribution in [-0.4, -0.2) is 6.54 Å². The van der Waals surface area contributed by atoms with Crippen molar-refractivity contribution in [2.75, 3.05) is 6.54 Å². The molecule has 0 aliphatic carbocycles. The van der Waals surface area contributed by atoms with Gasteiger partial charge in [-0.2, -0.15) is 0 Å². The van der Waals surface area contributed by atoms with Gasteiger partial charge in [-0.15, -0.1) is 0 Å². The summed E-state index contributed by atoms with van der Waals surface area (Å²) in [5.41, 5.74) is 2.24. The molecule has 1 aromatic heterocycles. The Morgan fingerprint density at radius 3 is 2.70 bits per heavy atom. The molecular formula is C15H16Br2ClNO. The Labute approximate surface area is 141 Å². The Morgan fingerprint density at radius 2 is 2.10 bits per heavy atom. The molecule has 0 aliphatic rings. The first kappa shape index (κ1) is 16.1. The van der Waals surface area contributed by atoms with Gasteiger partial charge in [0.05, 0.1) is 6.26 Å². The van der Waals surface area contributed by atoms with Crippen LogP contribution in [0.15, 0.2) is 44.1 Å². The Morgan fingerprint density at radius 1 is 1.30 bits per heavy atom. The first-order valence-corrected chi connectivity index (χ1v) is 8.48. The fourth-order valence-corrected chi connectivity index (χ4v) is 3.34. The van der Waals surface area contributed by atoms with Crippen LogP contribution in [0.2, 0.25) is 5.02 Å². The predicted molar refractivity (Wildman–Crippen MR) is 90.3 cm³/mol. The molecule has 0 aliphatic heterocycles. The zero-order chi connectivity index (χ0) is 14.5. The van der Waals surface area contributed by atoms with Gasteiger partial charge >= 0.3 is 0 Å². The van der Waals surface area contributed by atoms with E-state index >= 15 is 0 Å². The third kappa shape index (κ3) is 4.10. The number of hydrogen-bond acceptors (Lipinski definition) is 2. The van der Waals surface area contributed by atoms with Crippen molar-refractivity contribution < 1.29 is 4.42 Å². The SMILES string of the molecule is CCCNC(Cc1ccc(Br)cc1Cl)c1ccoc1Br. The van der Waals surface area contributed by atoms with Crippen molar-refractivity contribution in [2.45, 2.75) is 25.8 Å². The van der Waals surface area contributed by atoms with Crippen LogP contribution < -0.4 is 5.32 Å². The zero-order valence-corrected chi connectivity index (χ0v) is 15.1. The van der Waals surface area contributed by atoms with E-state index in [1.807, 2.05) is 18.2 Å². The van der Waals surface area contributed by atoms with Crippen LogP contribution in [0.3, 0.4) is 0 Å². The average Bonchev–Trinajstić information content (AvgIpc) is 2.83. The molecule has 0 bridgehead atoms. The molecule has 5 heteroatoms. The lowest BCUT2D eigenvalue weighted by molar-refractivity contribution is 0.498. The van der Waals surface area contributed by atoms with Crippen LogP contribution in [0.5, 0.6) is 0 Å². The van der Waals surface area contributed by atoms with Gasteiger partial charge in [-0.25, -0.2) is 0 Å². The highest BCUT2D eigenvalue weighted by molar-refractivity contribution is 9.10. The Bertz CT molecular complexity index is 571. The van der Waals surface area contributed by atoms with E-state index in [-0.39, 0.29) is 6.04 Å². The van der Waals surface area contributed by atoms with Gasteiger partial charge in [-0.3, -0.25) is 0 Å². The summed E-state index contributed by atoms with van der Waals surface area (Å²) < 4.78 is 7.12. The molecule has 0 fully saturated rings. The van der Waals surface area contributed by atoms with Gasteiger partial charge in [0.15, 0.2) is 4.67 Å². The molecule has 1 N–H and O–H groups in total. The maximum absolute atomic E-state index is 6.32. The van der Waals surface area contributed by atoms with E-state index in [0.29, 0.717) is 0 Å². The second-order valence-corrected chi connectivity index (χ2v) is 6.64. The van der Waals surface area contributed by atoms with Gasteiger partial charge in [0.2, 0.25) is 0 Å². The summed E-state index contributed by atoms with van der Waals surface area (Å²) in [5.74, 6) is 0. The first-order chi connectivity index (χ1) is 9.61. The number of benzene rings is 1.